The Hall–Kier alpha value is -0.674. The summed E-state index contributed by atoms with van der Waals surface area (Å²) in [5.41, 5.74) is 6.46. The van der Waals surface area contributed by atoms with Crippen molar-refractivity contribution in [1.82, 2.24) is 0 Å². The van der Waals surface area contributed by atoms with Gasteiger partial charge >= 0.3 is 0 Å². The van der Waals surface area contributed by atoms with Crippen LogP contribution in [0.25, 0.3) is 0 Å². The molecule has 0 amide bonds. The van der Waals surface area contributed by atoms with Crippen LogP contribution in [0, 0.1) is 32.1 Å². The first kappa shape index (κ1) is 23.6. The van der Waals surface area contributed by atoms with Gasteiger partial charge in [0, 0.05) is 42.5 Å². The van der Waals surface area contributed by atoms with Gasteiger partial charge in [-0.3, -0.25) is 9.59 Å². The second-order valence-electron chi connectivity index (χ2n) is 8.08. The molecule has 0 unspecified atom stereocenters. The van der Waals surface area contributed by atoms with Gasteiger partial charge in [-0.1, -0.05) is 0 Å². The van der Waals surface area contributed by atoms with E-state index in [0.717, 1.165) is 64.2 Å². The second-order valence-corrected chi connectivity index (χ2v) is 8.08. The van der Waals surface area contributed by atoms with Crippen LogP contribution in [0.15, 0.2) is 22.3 Å². The summed E-state index contributed by atoms with van der Waals surface area (Å²) in [4.78, 5) is 23.5. The summed E-state index contributed by atoms with van der Waals surface area (Å²) in [6.07, 6.45) is 24.1. The summed E-state index contributed by atoms with van der Waals surface area (Å²) < 4.78 is 0. The van der Waals surface area contributed by atoms with E-state index in [1.165, 1.54) is 25.7 Å². The Morgan fingerprint density at radius 1 is 0.393 bits per heavy atom. The molecule has 2 nitrogen and oxygen atoms in total. The maximum Gasteiger partial charge on any atom is 0.132 e. The zero-order chi connectivity index (χ0) is 18.9. The SMILES string of the molecule is O=C1CCCCC2=C3CCCCC(=O)CCCC3=C2CCC1.[CH]1[CH][CH][CH][CH]1.[Co]. The molecule has 0 aromatic heterocycles. The number of fused-ring (bicyclic) bond motifs is 2. The van der Waals surface area contributed by atoms with Crippen molar-refractivity contribution in [2.45, 2.75) is 89.9 Å². The number of ketones is 2. The van der Waals surface area contributed by atoms with Crippen molar-refractivity contribution in [2.24, 2.45) is 0 Å². The van der Waals surface area contributed by atoms with E-state index in [-0.39, 0.29) is 16.8 Å². The Morgan fingerprint density at radius 2 is 0.643 bits per heavy atom. The van der Waals surface area contributed by atoms with E-state index in [4.69, 9.17) is 0 Å². The summed E-state index contributed by atoms with van der Waals surface area (Å²) in [7, 11) is 0. The van der Waals surface area contributed by atoms with Crippen LogP contribution in [-0.4, -0.2) is 11.6 Å². The first-order valence-electron chi connectivity index (χ1n) is 10.9. The van der Waals surface area contributed by atoms with Gasteiger partial charge in [-0.2, -0.15) is 0 Å². The van der Waals surface area contributed by atoms with Crippen molar-refractivity contribution < 1.29 is 26.4 Å². The first-order chi connectivity index (χ1) is 13.3. The Labute approximate surface area is 182 Å². The third kappa shape index (κ3) is 6.98. The maximum absolute atomic E-state index is 11.7. The molecule has 0 heterocycles. The smallest absolute Gasteiger partial charge is 0.132 e. The molecule has 0 saturated heterocycles. The Bertz CT molecular complexity index is 542. The van der Waals surface area contributed by atoms with Gasteiger partial charge in [0.15, 0.2) is 0 Å². The molecule has 0 N–H and O–H groups in total. The van der Waals surface area contributed by atoms with Gasteiger partial charge in [0.25, 0.3) is 0 Å². The van der Waals surface area contributed by atoms with Crippen LogP contribution in [0.4, 0.5) is 0 Å². The van der Waals surface area contributed by atoms with E-state index < -0.39 is 0 Å². The fourth-order valence-corrected chi connectivity index (χ4v) is 4.62. The van der Waals surface area contributed by atoms with E-state index in [2.05, 4.69) is 0 Å². The quantitative estimate of drug-likeness (QED) is 0.461. The average molecular weight is 424 g/mol. The number of carbonyl (C=O) groups is 2. The number of allylic oxidation sites excluding steroid dienone is 4. The van der Waals surface area contributed by atoms with Gasteiger partial charge in [0.2, 0.25) is 0 Å². The Balaban J connectivity index is 0.000000408. The van der Waals surface area contributed by atoms with E-state index in [1.54, 1.807) is 22.3 Å². The van der Waals surface area contributed by atoms with Crippen molar-refractivity contribution in [3.05, 3.63) is 54.4 Å². The largest absolute Gasteiger partial charge is 0.300 e. The monoisotopic (exact) mass is 424 g/mol. The van der Waals surface area contributed by atoms with Crippen molar-refractivity contribution in [3.8, 4) is 0 Å². The molecule has 3 saturated carbocycles. The Morgan fingerprint density at radius 3 is 1.00 bits per heavy atom. The summed E-state index contributed by atoms with van der Waals surface area (Å²) in [6, 6.07) is 0. The van der Waals surface area contributed by atoms with Crippen LogP contribution in [0.1, 0.15) is 89.9 Å². The Kier molecular flexibility index (Phi) is 10.8. The predicted molar refractivity (Wildman–Crippen MR) is 110 cm³/mol. The standard InChI is InChI=1S/C20H28O2.C5H5.Co/c21-15-7-1-3-11-17-18-12-4-2-8-16(22)10-6-14-20(18)19(17)13-5-9-15;1-2-4-5-3-1;/h1-14H2;1-5H;. The molecule has 0 bridgehead atoms. The van der Waals surface area contributed by atoms with Crippen LogP contribution in [0.2, 0.25) is 0 Å². The normalized spacial score (nSPS) is 24.1. The van der Waals surface area contributed by atoms with Crippen LogP contribution in [0.3, 0.4) is 0 Å². The van der Waals surface area contributed by atoms with Gasteiger partial charge in [-0.25, -0.2) is 0 Å². The zero-order valence-corrected chi connectivity index (χ0v) is 18.0. The van der Waals surface area contributed by atoms with Crippen LogP contribution in [0.5, 0.6) is 0 Å². The molecular formula is C25H33CoO2. The molecule has 6 radical (unpaired) electrons. The fraction of sp³-hybridized carbons (Fsp3) is 0.560. The summed E-state index contributed by atoms with van der Waals surface area (Å²) >= 11 is 0. The second kappa shape index (κ2) is 12.8. The molecule has 4 aliphatic rings. The third-order valence-corrected chi connectivity index (χ3v) is 6.04. The molecule has 3 heteroatoms. The van der Waals surface area contributed by atoms with Crippen LogP contribution < -0.4 is 0 Å². The number of rotatable bonds is 0. The van der Waals surface area contributed by atoms with Crippen molar-refractivity contribution in [1.29, 1.82) is 0 Å². The topological polar surface area (TPSA) is 34.1 Å². The van der Waals surface area contributed by atoms with Crippen molar-refractivity contribution in [3.63, 3.8) is 0 Å². The predicted octanol–water partition coefficient (Wildman–Crippen LogP) is 6.24. The van der Waals surface area contributed by atoms with Gasteiger partial charge in [-0.05, 0) is 119 Å². The molecule has 0 aromatic rings. The minimum Gasteiger partial charge on any atom is -0.300 e. The fourth-order valence-electron chi connectivity index (χ4n) is 4.62. The summed E-state index contributed by atoms with van der Waals surface area (Å²) in [5, 5.41) is 0. The first-order valence-corrected chi connectivity index (χ1v) is 10.9. The van der Waals surface area contributed by atoms with Gasteiger partial charge in [0.1, 0.15) is 11.6 Å². The molecule has 3 fully saturated rings. The molecule has 0 atom stereocenters. The number of carbonyl (C=O) groups excluding carboxylic acids is 2. The number of hydrogen-bond donors (Lipinski definition) is 0. The molecule has 154 valence electrons. The molecule has 4 aliphatic carbocycles. The van der Waals surface area contributed by atoms with Gasteiger partial charge in [0.05, 0.1) is 0 Å². The molecule has 0 spiro atoms. The molecule has 0 aliphatic heterocycles. The van der Waals surface area contributed by atoms with Gasteiger partial charge in [-0.15, -0.1) is 0 Å². The van der Waals surface area contributed by atoms with Crippen LogP contribution in [-0.2, 0) is 26.4 Å². The molecule has 28 heavy (non-hydrogen) atoms. The molecule has 0 aromatic carbocycles. The van der Waals surface area contributed by atoms with Crippen LogP contribution >= 0.6 is 0 Å². The minimum atomic E-state index is 0. The van der Waals surface area contributed by atoms with Crippen molar-refractivity contribution >= 4 is 11.6 Å². The van der Waals surface area contributed by atoms with Crippen molar-refractivity contribution in [2.75, 3.05) is 0 Å². The maximum atomic E-state index is 11.7. The third-order valence-electron chi connectivity index (χ3n) is 6.04. The molecule has 4 rings (SSSR count). The average Bonchev–Trinajstić information content (AvgIpc) is 3.24. The van der Waals surface area contributed by atoms with Gasteiger partial charge < -0.3 is 0 Å². The number of Topliss-reactive ketones (excluding diaryl/α,β-unsaturated/α-hetero) is 2. The number of hydrogen-bond acceptors (Lipinski definition) is 2. The molecular weight excluding hydrogens is 391 g/mol. The van der Waals surface area contributed by atoms with E-state index >= 15 is 0 Å². The van der Waals surface area contributed by atoms with E-state index in [0.29, 0.717) is 11.6 Å². The van der Waals surface area contributed by atoms with E-state index in [9.17, 15) is 9.59 Å². The minimum absolute atomic E-state index is 0. The zero-order valence-electron chi connectivity index (χ0n) is 16.9. The summed E-state index contributed by atoms with van der Waals surface area (Å²) in [6.45, 7) is 0. The summed E-state index contributed by atoms with van der Waals surface area (Å²) in [5.74, 6) is 0.906. The van der Waals surface area contributed by atoms with E-state index in [1.807, 2.05) is 32.1 Å².